The van der Waals surface area contributed by atoms with Crippen molar-refractivity contribution in [3.05, 3.63) is 65.2 Å². The first-order valence-electron chi connectivity index (χ1n) is 15.4. The van der Waals surface area contributed by atoms with Gasteiger partial charge < -0.3 is 14.2 Å². The molecule has 0 radical (unpaired) electrons. The zero-order chi connectivity index (χ0) is 28.1. The molecule has 0 aliphatic rings. The number of benzene rings is 2. The molecule has 39 heavy (non-hydrogen) atoms. The minimum Gasteiger partial charge on any atom is -0.494 e. The Kier molecular flexibility index (Phi) is 16.8. The summed E-state index contributed by atoms with van der Waals surface area (Å²) in [5.74, 6) is 1.46. The molecule has 216 valence electrons. The Hall–Kier alpha value is -2.75. The van der Waals surface area contributed by atoms with Crippen molar-refractivity contribution in [1.29, 1.82) is 0 Å². The fourth-order valence-electron chi connectivity index (χ4n) is 4.44. The van der Waals surface area contributed by atoms with E-state index in [1.54, 1.807) is 6.92 Å². The largest absolute Gasteiger partial charge is 0.494 e. The third-order valence-electron chi connectivity index (χ3n) is 6.95. The monoisotopic (exact) mass is 536 g/mol. The summed E-state index contributed by atoms with van der Waals surface area (Å²) >= 11 is 0. The quantitative estimate of drug-likeness (QED) is 0.0904. The van der Waals surface area contributed by atoms with Crippen LogP contribution in [0.1, 0.15) is 122 Å². The molecule has 0 aromatic heterocycles. The molecule has 2 aromatic rings. The fraction of sp³-hybridized carbons (Fsp3) is 0.571. The highest BCUT2D eigenvalue weighted by Gasteiger charge is 2.11. The Labute approximate surface area is 238 Å². The van der Waals surface area contributed by atoms with Crippen molar-refractivity contribution in [3.8, 4) is 11.5 Å². The van der Waals surface area contributed by atoms with Gasteiger partial charge in [0.05, 0.1) is 12.7 Å². The van der Waals surface area contributed by atoms with Gasteiger partial charge in [-0.25, -0.2) is 4.79 Å². The van der Waals surface area contributed by atoms with Crippen LogP contribution in [0, 0.1) is 0 Å². The smallest absolute Gasteiger partial charge is 0.333 e. The van der Waals surface area contributed by atoms with Gasteiger partial charge in [0.2, 0.25) is 0 Å². The van der Waals surface area contributed by atoms with E-state index < -0.39 is 0 Å². The van der Waals surface area contributed by atoms with Crippen molar-refractivity contribution in [1.82, 2.24) is 0 Å². The molecular formula is C35H52O4. The van der Waals surface area contributed by atoms with Crippen molar-refractivity contribution in [2.24, 2.45) is 0 Å². The zero-order valence-corrected chi connectivity index (χ0v) is 25.0. The van der Waals surface area contributed by atoms with E-state index in [-0.39, 0.29) is 12.1 Å². The molecule has 1 atom stereocenters. The number of hydrogen-bond donors (Lipinski definition) is 0. The van der Waals surface area contributed by atoms with E-state index in [4.69, 9.17) is 14.2 Å². The molecule has 0 amide bonds. The van der Waals surface area contributed by atoms with Gasteiger partial charge in [-0.15, -0.1) is 0 Å². The average molecular weight is 537 g/mol. The number of carbonyl (C=O) groups excluding carboxylic acids is 1. The van der Waals surface area contributed by atoms with Crippen LogP contribution in [0.4, 0.5) is 0 Å². The number of unbranched alkanes of at least 4 members (excludes halogenated alkanes) is 10. The van der Waals surface area contributed by atoms with Gasteiger partial charge in [0.1, 0.15) is 18.1 Å². The van der Waals surface area contributed by atoms with Crippen LogP contribution in [0.2, 0.25) is 0 Å². The van der Waals surface area contributed by atoms with Crippen LogP contribution in [0.15, 0.2) is 54.1 Å². The number of ether oxygens (including phenoxy) is 3. The van der Waals surface area contributed by atoms with Gasteiger partial charge in [0, 0.05) is 5.57 Å². The number of esters is 1. The lowest BCUT2D eigenvalue weighted by Crippen LogP contribution is -2.15. The van der Waals surface area contributed by atoms with E-state index in [9.17, 15) is 4.79 Å². The number of rotatable bonds is 21. The zero-order valence-electron chi connectivity index (χ0n) is 25.0. The SMILES string of the molecule is CCCCCCCCCCOc1ccc(COc2ccc(/C=C(\C)C(=O)OC(C)CCCCCC)cc2)cc1. The van der Waals surface area contributed by atoms with Gasteiger partial charge in [0.15, 0.2) is 0 Å². The van der Waals surface area contributed by atoms with Crippen LogP contribution >= 0.6 is 0 Å². The number of carbonyl (C=O) groups is 1. The maximum atomic E-state index is 12.4. The van der Waals surface area contributed by atoms with Gasteiger partial charge in [-0.1, -0.05) is 102 Å². The molecule has 0 aliphatic heterocycles. The van der Waals surface area contributed by atoms with Crippen LogP contribution in [-0.4, -0.2) is 18.7 Å². The van der Waals surface area contributed by atoms with E-state index in [1.807, 2.05) is 49.4 Å². The fourth-order valence-corrected chi connectivity index (χ4v) is 4.44. The molecule has 0 bridgehead atoms. The molecule has 2 aromatic carbocycles. The molecule has 0 N–H and O–H groups in total. The summed E-state index contributed by atoms with van der Waals surface area (Å²) in [5, 5.41) is 0. The summed E-state index contributed by atoms with van der Waals surface area (Å²) in [6.07, 6.45) is 17.9. The first-order chi connectivity index (χ1) is 19.0. The van der Waals surface area contributed by atoms with Crippen molar-refractivity contribution in [3.63, 3.8) is 0 Å². The highest BCUT2D eigenvalue weighted by molar-refractivity contribution is 5.93. The van der Waals surface area contributed by atoms with Crippen molar-refractivity contribution >= 4 is 12.0 Å². The second-order valence-corrected chi connectivity index (χ2v) is 10.7. The molecular weight excluding hydrogens is 484 g/mol. The topological polar surface area (TPSA) is 44.8 Å². The minimum atomic E-state index is -0.247. The summed E-state index contributed by atoms with van der Waals surface area (Å²) < 4.78 is 17.4. The Morgan fingerprint density at radius 2 is 1.26 bits per heavy atom. The molecule has 4 heteroatoms. The van der Waals surface area contributed by atoms with E-state index >= 15 is 0 Å². The minimum absolute atomic E-state index is 0.0518. The first kappa shape index (κ1) is 32.5. The predicted octanol–water partition coefficient (Wildman–Crippen LogP) is 10.1. The second kappa shape index (κ2) is 20.2. The number of hydrogen-bond acceptors (Lipinski definition) is 4. The average Bonchev–Trinajstić information content (AvgIpc) is 2.94. The van der Waals surface area contributed by atoms with E-state index in [0.717, 1.165) is 48.5 Å². The van der Waals surface area contributed by atoms with Crippen LogP contribution in [0.5, 0.6) is 11.5 Å². The summed E-state index contributed by atoms with van der Waals surface area (Å²) in [4.78, 5) is 12.4. The molecule has 0 aliphatic carbocycles. The summed E-state index contributed by atoms with van der Waals surface area (Å²) in [6, 6.07) is 15.9. The Bertz CT molecular complexity index is 930. The van der Waals surface area contributed by atoms with Gasteiger partial charge in [-0.05, 0) is 74.6 Å². The molecule has 0 heterocycles. The predicted molar refractivity (Wildman–Crippen MR) is 163 cm³/mol. The third kappa shape index (κ3) is 14.8. The van der Waals surface area contributed by atoms with Crippen LogP contribution in [-0.2, 0) is 16.1 Å². The highest BCUT2D eigenvalue weighted by atomic mass is 16.5. The van der Waals surface area contributed by atoms with Gasteiger partial charge in [-0.3, -0.25) is 0 Å². The Morgan fingerprint density at radius 3 is 1.90 bits per heavy atom. The molecule has 0 spiro atoms. The lowest BCUT2D eigenvalue weighted by molar-refractivity contribution is -0.143. The summed E-state index contributed by atoms with van der Waals surface area (Å²) in [7, 11) is 0. The molecule has 2 rings (SSSR count). The first-order valence-corrected chi connectivity index (χ1v) is 15.4. The summed E-state index contributed by atoms with van der Waals surface area (Å²) in [6.45, 7) is 9.51. The van der Waals surface area contributed by atoms with E-state index in [1.165, 1.54) is 64.2 Å². The highest BCUT2D eigenvalue weighted by Crippen LogP contribution is 2.19. The van der Waals surface area contributed by atoms with Gasteiger partial charge in [0.25, 0.3) is 0 Å². The lowest BCUT2D eigenvalue weighted by atomic mass is 10.1. The van der Waals surface area contributed by atoms with Crippen molar-refractivity contribution in [2.45, 2.75) is 124 Å². The Morgan fingerprint density at radius 1 is 0.718 bits per heavy atom. The second-order valence-electron chi connectivity index (χ2n) is 10.7. The molecule has 1 unspecified atom stereocenters. The maximum absolute atomic E-state index is 12.4. The Balaban J connectivity index is 1.67. The normalized spacial score (nSPS) is 12.3. The van der Waals surface area contributed by atoms with Crippen LogP contribution in [0.3, 0.4) is 0 Å². The molecule has 0 saturated carbocycles. The van der Waals surface area contributed by atoms with E-state index in [2.05, 4.69) is 26.0 Å². The summed E-state index contributed by atoms with van der Waals surface area (Å²) in [5.41, 5.74) is 2.65. The third-order valence-corrected chi connectivity index (χ3v) is 6.95. The standard InChI is InChI=1S/C35H52O4/c1-5-7-9-11-12-13-14-16-26-37-33-24-20-32(21-25-33)28-38-34-22-18-31(19-23-34)27-29(3)35(36)39-30(4)17-15-10-8-6-2/h18-25,27,30H,5-17,26,28H2,1-4H3/b29-27+. The lowest BCUT2D eigenvalue weighted by Gasteiger charge is -2.13. The van der Waals surface area contributed by atoms with E-state index in [0.29, 0.717) is 12.2 Å². The van der Waals surface area contributed by atoms with Crippen molar-refractivity contribution < 1.29 is 19.0 Å². The van der Waals surface area contributed by atoms with Crippen LogP contribution < -0.4 is 9.47 Å². The molecule has 0 saturated heterocycles. The molecule has 0 fully saturated rings. The van der Waals surface area contributed by atoms with Crippen LogP contribution in [0.25, 0.3) is 6.08 Å². The molecule has 4 nitrogen and oxygen atoms in total. The van der Waals surface area contributed by atoms with Gasteiger partial charge in [-0.2, -0.15) is 0 Å². The van der Waals surface area contributed by atoms with Gasteiger partial charge >= 0.3 is 5.97 Å². The van der Waals surface area contributed by atoms with Crippen molar-refractivity contribution in [2.75, 3.05) is 6.61 Å². The maximum Gasteiger partial charge on any atom is 0.333 e.